The lowest BCUT2D eigenvalue weighted by Gasteiger charge is -2.39. The van der Waals surface area contributed by atoms with Crippen molar-refractivity contribution in [2.75, 3.05) is 7.05 Å². The molecule has 0 aromatic carbocycles. The zero-order valence-corrected chi connectivity index (χ0v) is 16.3. The lowest BCUT2D eigenvalue weighted by molar-refractivity contribution is 0.102. The number of rotatable bonds is 9. The van der Waals surface area contributed by atoms with Crippen molar-refractivity contribution >= 4 is 0 Å². The highest BCUT2D eigenvalue weighted by Crippen LogP contribution is 2.22. The SMILES string of the molecule is CN(C(CCCc1cccnc1)CCCc1cccnc1)C(C)(C)C. The van der Waals surface area contributed by atoms with Crippen LogP contribution in [-0.4, -0.2) is 33.5 Å². The van der Waals surface area contributed by atoms with Gasteiger partial charge in [0.25, 0.3) is 0 Å². The molecule has 0 saturated carbocycles. The summed E-state index contributed by atoms with van der Waals surface area (Å²) in [6, 6.07) is 9.04. The molecular weight excluding hydrogens is 306 g/mol. The first-order valence-electron chi connectivity index (χ1n) is 9.47. The fraction of sp³-hybridized carbons (Fsp3) is 0.545. The van der Waals surface area contributed by atoms with Gasteiger partial charge < -0.3 is 0 Å². The maximum atomic E-state index is 4.22. The molecule has 0 aliphatic heterocycles. The maximum absolute atomic E-state index is 4.22. The Morgan fingerprint density at radius 1 is 0.880 bits per heavy atom. The van der Waals surface area contributed by atoms with E-state index in [1.165, 1.54) is 36.8 Å². The van der Waals surface area contributed by atoms with Gasteiger partial charge in [-0.1, -0.05) is 12.1 Å². The Morgan fingerprint density at radius 2 is 1.36 bits per heavy atom. The normalized spacial score (nSPS) is 12.1. The number of pyridine rings is 2. The predicted molar refractivity (Wildman–Crippen MR) is 106 cm³/mol. The molecule has 0 N–H and O–H groups in total. The van der Waals surface area contributed by atoms with E-state index < -0.39 is 0 Å². The average molecular weight is 340 g/mol. The lowest BCUT2D eigenvalue weighted by atomic mass is 9.95. The van der Waals surface area contributed by atoms with E-state index in [1.54, 1.807) is 0 Å². The van der Waals surface area contributed by atoms with E-state index in [0.29, 0.717) is 6.04 Å². The van der Waals surface area contributed by atoms with E-state index in [0.717, 1.165) is 12.8 Å². The standard InChI is InChI=1S/C22H33N3/c1-22(2,3)25(4)21(13-5-9-19-11-7-15-23-17-19)14-6-10-20-12-8-16-24-18-20/h7-8,11-12,15-18,21H,5-6,9-10,13-14H2,1-4H3. The van der Waals surface area contributed by atoms with Gasteiger partial charge in [0, 0.05) is 36.4 Å². The molecule has 136 valence electrons. The predicted octanol–water partition coefficient (Wildman–Crippen LogP) is 4.92. The Labute approximate surface area is 153 Å². The molecule has 2 aromatic heterocycles. The molecule has 0 bridgehead atoms. The van der Waals surface area contributed by atoms with Gasteiger partial charge in [-0.2, -0.15) is 0 Å². The summed E-state index contributed by atoms with van der Waals surface area (Å²) < 4.78 is 0. The second kappa shape index (κ2) is 9.67. The summed E-state index contributed by atoms with van der Waals surface area (Å²) in [5, 5.41) is 0. The van der Waals surface area contributed by atoms with Gasteiger partial charge in [0.1, 0.15) is 0 Å². The zero-order valence-electron chi connectivity index (χ0n) is 16.3. The van der Waals surface area contributed by atoms with Crippen LogP contribution in [0.4, 0.5) is 0 Å². The molecule has 0 atom stereocenters. The summed E-state index contributed by atoms with van der Waals surface area (Å²) in [6.45, 7) is 6.92. The number of hydrogen-bond donors (Lipinski definition) is 0. The van der Waals surface area contributed by atoms with E-state index in [-0.39, 0.29) is 5.54 Å². The van der Waals surface area contributed by atoms with Crippen molar-refractivity contribution in [3.05, 3.63) is 60.2 Å². The Kier molecular flexibility index (Phi) is 7.57. The van der Waals surface area contributed by atoms with Crippen molar-refractivity contribution in [2.24, 2.45) is 0 Å². The zero-order chi connectivity index (χ0) is 18.1. The summed E-state index contributed by atoms with van der Waals surface area (Å²) >= 11 is 0. The molecule has 0 spiro atoms. The Morgan fingerprint density at radius 3 is 1.72 bits per heavy atom. The van der Waals surface area contributed by atoms with E-state index in [9.17, 15) is 0 Å². The smallest absolute Gasteiger partial charge is 0.0299 e. The van der Waals surface area contributed by atoms with Gasteiger partial charge in [-0.15, -0.1) is 0 Å². The van der Waals surface area contributed by atoms with Crippen LogP contribution in [0.1, 0.15) is 57.6 Å². The maximum Gasteiger partial charge on any atom is 0.0299 e. The summed E-state index contributed by atoms with van der Waals surface area (Å²) in [5.74, 6) is 0. The topological polar surface area (TPSA) is 29.0 Å². The third-order valence-electron chi connectivity index (χ3n) is 5.06. The van der Waals surface area contributed by atoms with Crippen molar-refractivity contribution in [1.29, 1.82) is 0 Å². The lowest BCUT2D eigenvalue weighted by Crippen LogP contribution is -2.45. The highest BCUT2D eigenvalue weighted by atomic mass is 15.2. The van der Waals surface area contributed by atoms with Crippen LogP contribution in [0.2, 0.25) is 0 Å². The number of aromatic nitrogens is 2. The van der Waals surface area contributed by atoms with Gasteiger partial charge in [-0.25, -0.2) is 0 Å². The quantitative estimate of drug-likeness (QED) is 0.649. The van der Waals surface area contributed by atoms with Crippen molar-refractivity contribution in [1.82, 2.24) is 14.9 Å². The van der Waals surface area contributed by atoms with Crippen molar-refractivity contribution in [2.45, 2.75) is 70.9 Å². The van der Waals surface area contributed by atoms with E-state index in [4.69, 9.17) is 0 Å². The van der Waals surface area contributed by atoms with E-state index in [1.807, 2.05) is 36.9 Å². The van der Waals surface area contributed by atoms with E-state index >= 15 is 0 Å². The molecule has 0 saturated heterocycles. The fourth-order valence-electron chi connectivity index (χ4n) is 3.25. The highest BCUT2D eigenvalue weighted by Gasteiger charge is 2.24. The van der Waals surface area contributed by atoms with Crippen molar-refractivity contribution in [3.63, 3.8) is 0 Å². The molecule has 2 rings (SSSR count). The second-order valence-electron chi connectivity index (χ2n) is 7.94. The van der Waals surface area contributed by atoms with Crippen LogP contribution in [0.15, 0.2) is 49.1 Å². The molecule has 3 heteroatoms. The van der Waals surface area contributed by atoms with Gasteiger partial charge in [-0.3, -0.25) is 14.9 Å². The van der Waals surface area contributed by atoms with Crippen LogP contribution >= 0.6 is 0 Å². The molecule has 0 amide bonds. The molecule has 0 aliphatic rings. The van der Waals surface area contributed by atoms with Crippen LogP contribution in [0, 0.1) is 0 Å². The van der Waals surface area contributed by atoms with Gasteiger partial charge in [0.15, 0.2) is 0 Å². The molecule has 25 heavy (non-hydrogen) atoms. The summed E-state index contributed by atoms with van der Waals surface area (Å²) in [5.41, 5.74) is 2.89. The first-order chi connectivity index (χ1) is 12.0. The number of nitrogens with zero attached hydrogens (tertiary/aromatic N) is 3. The van der Waals surface area contributed by atoms with Crippen LogP contribution in [0.5, 0.6) is 0 Å². The number of aryl methyl sites for hydroxylation is 2. The van der Waals surface area contributed by atoms with Crippen LogP contribution in [0.3, 0.4) is 0 Å². The third kappa shape index (κ3) is 6.95. The van der Waals surface area contributed by atoms with E-state index in [2.05, 4.69) is 54.8 Å². The molecule has 0 unspecified atom stereocenters. The van der Waals surface area contributed by atoms with Gasteiger partial charge >= 0.3 is 0 Å². The van der Waals surface area contributed by atoms with Gasteiger partial charge in [0.2, 0.25) is 0 Å². The Hall–Kier alpha value is -1.74. The molecule has 2 heterocycles. The Bertz CT molecular complexity index is 544. The molecule has 2 aromatic rings. The molecule has 0 radical (unpaired) electrons. The summed E-state index contributed by atoms with van der Waals surface area (Å²) in [6.07, 6.45) is 14.8. The first kappa shape index (κ1) is 19.6. The summed E-state index contributed by atoms with van der Waals surface area (Å²) in [7, 11) is 2.28. The minimum Gasteiger partial charge on any atom is -0.299 e. The van der Waals surface area contributed by atoms with Crippen molar-refractivity contribution in [3.8, 4) is 0 Å². The van der Waals surface area contributed by atoms with Crippen molar-refractivity contribution < 1.29 is 0 Å². The minimum absolute atomic E-state index is 0.202. The van der Waals surface area contributed by atoms with Gasteiger partial charge in [0.05, 0.1) is 0 Å². The first-order valence-corrected chi connectivity index (χ1v) is 9.47. The molecule has 0 fully saturated rings. The number of hydrogen-bond acceptors (Lipinski definition) is 3. The Balaban J connectivity index is 1.86. The van der Waals surface area contributed by atoms with Crippen LogP contribution < -0.4 is 0 Å². The van der Waals surface area contributed by atoms with Crippen LogP contribution in [0.25, 0.3) is 0 Å². The fourth-order valence-corrected chi connectivity index (χ4v) is 3.25. The molecule has 0 aliphatic carbocycles. The molecule has 3 nitrogen and oxygen atoms in total. The highest BCUT2D eigenvalue weighted by molar-refractivity contribution is 5.09. The molecular formula is C22H33N3. The largest absolute Gasteiger partial charge is 0.299 e. The average Bonchev–Trinajstić information content (AvgIpc) is 2.61. The summed E-state index contributed by atoms with van der Waals surface area (Å²) in [4.78, 5) is 11.0. The second-order valence-corrected chi connectivity index (χ2v) is 7.94. The van der Waals surface area contributed by atoms with Crippen LogP contribution in [-0.2, 0) is 12.8 Å². The monoisotopic (exact) mass is 339 g/mol. The third-order valence-corrected chi connectivity index (χ3v) is 5.06. The van der Waals surface area contributed by atoms with Gasteiger partial charge in [-0.05, 0) is 89.6 Å². The minimum atomic E-state index is 0.202.